The van der Waals surface area contributed by atoms with Gasteiger partial charge in [-0.15, -0.1) is 0 Å². The molecule has 0 saturated heterocycles. The Morgan fingerprint density at radius 2 is 1.85 bits per heavy atom. The molecule has 4 heteroatoms. The highest BCUT2D eigenvalue weighted by Gasteiger charge is 2.18. The first-order valence-electron chi connectivity index (χ1n) is 5.93. The molecule has 0 fully saturated rings. The Labute approximate surface area is 128 Å². The van der Waals surface area contributed by atoms with E-state index >= 15 is 0 Å². The number of anilines is 1. The molecule has 100 valence electrons. The van der Waals surface area contributed by atoms with Crippen molar-refractivity contribution in [3.63, 3.8) is 0 Å². The SMILES string of the molecule is C=Cc1cc(C(C#N)c2ccc(Cl)cc2)c(Cl)cc1N. The van der Waals surface area contributed by atoms with E-state index in [1.807, 2.05) is 12.1 Å². The van der Waals surface area contributed by atoms with Crippen LogP contribution in [0.2, 0.25) is 10.0 Å². The topological polar surface area (TPSA) is 49.8 Å². The van der Waals surface area contributed by atoms with Gasteiger partial charge in [-0.25, -0.2) is 0 Å². The lowest BCUT2D eigenvalue weighted by Gasteiger charge is -2.14. The molecule has 2 nitrogen and oxygen atoms in total. The molecule has 0 heterocycles. The molecule has 0 bridgehead atoms. The first kappa shape index (κ1) is 14.5. The average Bonchev–Trinajstić information content (AvgIpc) is 2.43. The number of nitriles is 1. The monoisotopic (exact) mass is 302 g/mol. The van der Waals surface area contributed by atoms with Gasteiger partial charge in [0.1, 0.15) is 0 Å². The standard InChI is InChI=1S/C16H12Cl2N2/c1-2-10-7-13(15(18)8-16(10)20)14(9-19)11-3-5-12(17)6-4-11/h2-8,14H,1,20H2. The summed E-state index contributed by atoms with van der Waals surface area (Å²) in [4.78, 5) is 0. The summed E-state index contributed by atoms with van der Waals surface area (Å²) in [6.07, 6.45) is 1.64. The maximum Gasteiger partial charge on any atom is 0.0977 e. The van der Waals surface area contributed by atoms with E-state index in [2.05, 4.69) is 12.6 Å². The summed E-state index contributed by atoms with van der Waals surface area (Å²) in [6, 6.07) is 12.8. The van der Waals surface area contributed by atoms with Crippen LogP contribution in [0.25, 0.3) is 6.08 Å². The molecule has 0 spiro atoms. The van der Waals surface area contributed by atoms with Crippen molar-refractivity contribution >= 4 is 35.0 Å². The van der Waals surface area contributed by atoms with Crippen molar-refractivity contribution in [3.8, 4) is 6.07 Å². The quantitative estimate of drug-likeness (QED) is 0.822. The Balaban J connectivity index is 2.55. The molecule has 2 aromatic carbocycles. The van der Waals surface area contributed by atoms with Crippen LogP contribution in [0.4, 0.5) is 5.69 Å². The Hall–Kier alpha value is -1.95. The second kappa shape index (κ2) is 6.00. The van der Waals surface area contributed by atoms with E-state index in [0.29, 0.717) is 21.3 Å². The fraction of sp³-hybridized carbons (Fsp3) is 0.0625. The number of nitrogens with two attached hydrogens (primary N) is 1. The molecule has 0 amide bonds. The predicted molar refractivity (Wildman–Crippen MR) is 84.9 cm³/mol. The van der Waals surface area contributed by atoms with Crippen LogP contribution in [0.1, 0.15) is 22.6 Å². The average molecular weight is 303 g/mol. The first-order valence-corrected chi connectivity index (χ1v) is 6.69. The van der Waals surface area contributed by atoms with Crippen LogP contribution in [0.15, 0.2) is 43.0 Å². The van der Waals surface area contributed by atoms with Crippen LogP contribution in [0.5, 0.6) is 0 Å². The highest BCUT2D eigenvalue weighted by molar-refractivity contribution is 6.32. The van der Waals surface area contributed by atoms with Gasteiger partial charge in [0.05, 0.1) is 12.0 Å². The first-order chi connectivity index (χ1) is 9.56. The third-order valence-electron chi connectivity index (χ3n) is 3.07. The van der Waals surface area contributed by atoms with Crippen molar-refractivity contribution < 1.29 is 0 Å². The van der Waals surface area contributed by atoms with Gasteiger partial charge in [0.25, 0.3) is 0 Å². The minimum Gasteiger partial charge on any atom is -0.398 e. The fourth-order valence-corrected chi connectivity index (χ4v) is 2.41. The van der Waals surface area contributed by atoms with Crippen molar-refractivity contribution in [2.45, 2.75) is 5.92 Å². The number of hydrogen-bond acceptors (Lipinski definition) is 2. The highest BCUT2D eigenvalue weighted by atomic mass is 35.5. The molecular weight excluding hydrogens is 291 g/mol. The van der Waals surface area contributed by atoms with Crippen molar-refractivity contribution in [1.82, 2.24) is 0 Å². The predicted octanol–water partition coefficient (Wildman–Crippen LogP) is 4.87. The second-order valence-corrected chi connectivity index (χ2v) is 5.16. The molecule has 0 aliphatic carbocycles. The van der Waals surface area contributed by atoms with E-state index < -0.39 is 5.92 Å². The van der Waals surface area contributed by atoms with Crippen LogP contribution in [-0.4, -0.2) is 0 Å². The molecule has 0 aliphatic rings. The molecule has 2 aromatic rings. The molecule has 0 radical (unpaired) electrons. The number of hydrogen-bond donors (Lipinski definition) is 1. The Morgan fingerprint density at radius 1 is 1.20 bits per heavy atom. The molecule has 1 atom stereocenters. The third-order valence-corrected chi connectivity index (χ3v) is 3.64. The Kier molecular flexibility index (Phi) is 4.34. The summed E-state index contributed by atoms with van der Waals surface area (Å²) in [5.41, 5.74) is 8.69. The lowest BCUT2D eigenvalue weighted by Crippen LogP contribution is -2.01. The van der Waals surface area contributed by atoms with Gasteiger partial charge in [-0.2, -0.15) is 5.26 Å². The number of nitrogen functional groups attached to an aromatic ring is 1. The number of nitrogens with zero attached hydrogens (tertiary/aromatic N) is 1. The molecule has 0 saturated carbocycles. The zero-order chi connectivity index (χ0) is 14.7. The lowest BCUT2D eigenvalue weighted by atomic mass is 9.91. The van der Waals surface area contributed by atoms with E-state index in [9.17, 15) is 5.26 Å². The molecule has 0 aliphatic heterocycles. The summed E-state index contributed by atoms with van der Waals surface area (Å²) in [5, 5.41) is 10.6. The minimum atomic E-state index is -0.473. The van der Waals surface area contributed by atoms with Crippen LogP contribution >= 0.6 is 23.2 Å². The second-order valence-electron chi connectivity index (χ2n) is 4.32. The number of benzene rings is 2. The van der Waals surface area contributed by atoms with Crippen molar-refractivity contribution in [1.29, 1.82) is 5.26 Å². The van der Waals surface area contributed by atoms with Crippen molar-refractivity contribution in [3.05, 3.63) is 69.7 Å². The van der Waals surface area contributed by atoms with Gasteiger partial charge in [-0.1, -0.05) is 48.0 Å². The molecule has 1 unspecified atom stereocenters. The number of halogens is 2. The molecule has 20 heavy (non-hydrogen) atoms. The van der Waals surface area contributed by atoms with Crippen molar-refractivity contribution in [2.75, 3.05) is 5.73 Å². The fourth-order valence-electron chi connectivity index (χ4n) is 2.00. The molecule has 2 rings (SSSR count). The van der Waals surface area contributed by atoms with Crippen LogP contribution in [0, 0.1) is 11.3 Å². The molecule has 0 aromatic heterocycles. The lowest BCUT2D eigenvalue weighted by molar-refractivity contribution is 1.04. The third kappa shape index (κ3) is 2.80. The highest BCUT2D eigenvalue weighted by Crippen LogP contribution is 2.33. The summed E-state index contributed by atoms with van der Waals surface area (Å²) < 4.78 is 0. The summed E-state index contributed by atoms with van der Waals surface area (Å²) in [6.45, 7) is 3.71. The maximum absolute atomic E-state index is 9.46. The molecular formula is C16H12Cl2N2. The zero-order valence-electron chi connectivity index (χ0n) is 10.6. The van der Waals surface area contributed by atoms with E-state index in [-0.39, 0.29) is 0 Å². The van der Waals surface area contributed by atoms with E-state index in [4.69, 9.17) is 28.9 Å². The van der Waals surface area contributed by atoms with Gasteiger partial charge in [0.15, 0.2) is 0 Å². The van der Waals surface area contributed by atoms with Gasteiger partial charge in [0.2, 0.25) is 0 Å². The normalized spacial score (nSPS) is 11.7. The van der Waals surface area contributed by atoms with E-state index in [1.54, 1.807) is 30.3 Å². The summed E-state index contributed by atoms with van der Waals surface area (Å²) in [5.74, 6) is -0.473. The van der Waals surface area contributed by atoms with E-state index in [0.717, 1.165) is 11.1 Å². The van der Waals surface area contributed by atoms with Crippen LogP contribution in [-0.2, 0) is 0 Å². The van der Waals surface area contributed by atoms with Gasteiger partial charge in [-0.3, -0.25) is 0 Å². The Morgan fingerprint density at radius 3 is 2.40 bits per heavy atom. The van der Waals surface area contributed by atoms with Gasteiger partial charge >= 0.3 is 0 Å². The Bertz CT molecular complexity index is 685. The summed E-state index contributed by atoms with van der Waals surface area (Å²) in [7, 11) is 0. The van der Waals surface area contributed by atoms with E-state index in [1.165, 1.54) is 0 Å². The van der Waals surface area contributed by atoms with Gasteiger partial charge < -0.3 is 5.73 Å². The van der Waals surface area contributed by atoms with Gasteiger partial charge in [0, 0.05) is 15.7 Å². The van der Waals surface area contributed by atoms with Crippen LogP contribution in [0.3, 0.4) is 0 Å². The largest absolute Gasteiger partial charge is 0.398 e. The summed E-state index contributed by atoms with van der Waals surface area (Å²) >= 11 is 12.1. The smallest absolute Gasteiger partial charge is 0.0977 e. The van der Waals surface area contributed by atoms with Gasteiger partial charge in [-0.05, 0) is 41.0 Å². The maximum atomic E-state index is 9.46. The minimum absolute atomic E-state index is 0.467. The number of rotatable bonds is 3. The molecule has 2 N–H and O–H groups in total. The zero-order valence-corrected chi connectivity index (χ0v) is 12.1. The van der Waals surface area contributed by atoms with Crippen molar-refractivity contribution in [2.24, 2.45) is 0 Å². The van der Waals surface area contributed by atoms with Crippen LogP contribution < -0.4 is 5.73 Å².